The summed E-state index contributed by atoms with van der Waals surface area (Å²) in [6.07, 6.45) is 5.47. The lowest BCUT2D eigenvalue weighted by molar-refractivity contribution is -1.02. The third kappa shape index (κ3) is 6.58. The number of piperazine rings is 1. The van der Waals surface area contributed by atoms with Crippen LogP contribution in [0.4, 0.5) is 8.78 Å². The molecule has 0 aromatic carbocycles. The first-order valence-electron chi connectivity index (χ1n) is 13.4. The van der Waals surface area contributed by atoms with Gasteiger partial charge in [-0.1, -0.05) is 20.1 Å². The number of allylic oxidation sites excluding steroid dienone is 1. The number of likely N-dealkylation sites (tertiary alicyclic amines) is 1. The SMILES string of the molecule is C=CC(=O)N1CC[N+]2(CC1)CN(C(=C)/C=C(\N=C(/C)C(F)F)N1CCC(C(CC)N/N=C\C)CC1)C2C. The molecule has 1 N–H and O–H groups in total. The van der Waals surface area contributed by atoms with Crippen LogP contribution in [0, 0.1) is 5.92 Å². The number of nitrogens with one attached hydrogen (secondary N) is 1. The normalized spacial score (nSPS) is 24.0. The molecule has 0 radical (unpaired) electrons. The van der Waals surface area contributed by atoms with Crippen molar-refractivity contribution in [2.24, 2.45) is 16.0 Å². The number of alkyl halides is 2. The minimum atomic E-state index is -2.60. The Morgan fingerprint density at radius 2 is 1.84 bits per heavy atom. The van der Waals surface area contributed by atoms with Crippen LogP contribution in [0.3, 0.4) is 0 Å². The molecule has 2 unspecified atom stereocenters. The van der Waals surface area contributed by atoms with Gasteiger partial charge in [0.15, 0.2) is 12.8 Å². The second-order valence-electron chi connectivity index (χ2n) is 10.3. The van der Waals surface area contributed by atoms with Gasteiger partial charge < -0.3 is 15.2 Å². The minimum absolute atomic E-state index is 0.0185. The van der Waals surface area contributed by atoms with Crippen molar-refractivity contribution >= 4 is 17.8 Å². The lowest BCUT2D eigenvalue weighted by atomic mass is 9.88. The molecule has 1 amide bonds. The van der Waals surface area contributed by atoms with Gasteiger partial charge in [-0.25, -0.2) is 13.8 Å². The fraction of sp³-hybridized carbons (Fsp3) is 0.667. The lowest BCUT2D eigenvalue weighted by Crippen LogP contribution is -2.78. The fourth-order valence-corrected chi connectivity index (χ4v) is 5.68. The minimum Gasteiger partial charge on any atom is -0.357 e. The van der Waals surface area contributed by atoms with E-state index in [1.807, 2.05) is 17.9 Å². The average Bonchev–Trinajstić information content (AvgIpc) is 2.91. The van der Waals surface area contributed by atoms with E-state index in [0.29, 0.717) is 30.9 Å². The van der Waals surface area contributed by atoms with E-state index in [1.165, 1.54) is 13.0 Å². The van der Waals surface area contributed by atoms with Crippen LogP contribution in [-0.4, -0.2) is 102 Å². The lowest BCUT2D eigenvalue weighted by Gasteiger charge is -2.60. The molecule has 206 valence electrons. The highest BCUT2D eigenvalue weighted by Crippen LogP contribution is 2.35. The number of quaternary nitrogens is 1. The number of piperidine rings is 1. The van der Waals surface area contributed by atoms with Crippen molar-refractivity contribution < 1.29 is 18.1 Å². The first kappa shape index (κ1) is 28.8. The molecule has 2 atom stereocenters. The zero-order valence-corrected chi connectivity index (χ0v) is 22.9. The molecule has 0 bridgehead atoms. The molecule has 0 aromatic rings. The molecule has 3 aliphatic heterocycles. The van der Waals surface area contributed by atoms with Gasteiger partial charge in [-0.15, -0.1) is 0 Å². The molecular formula is C27H44F2N7O+. The quantitative estimate of drug-likeness (QED) is 0.157. The number of nitrogens with zero attached hydrogens (tertiary/aromatic N) is 6. The van der Waals surface area contributed by atoms with Crippen LogP contribution in [0.2, 0.25) is 0 Å². The van der Waals surface area contributed by atoms with Gasteiger partial charge in [-0.05, 0) is 45.1 Å². The van der Waals surface area contributed by atoms with E-state index >= 15 is 0 Å². The predicted molar refractivity (Wildman–Crippen MR) is 145 cm³/mol. The van der Waals surface area contributed by atoms with Crippen molar-refractivity contribution in [2.75, 3.05) is 45.9 Å². The Bertz CT molecular complexity index is 916. The van der Waals surface area contributed by atoms with Gasteiger partial charge in [-0.2, -0.15) is 5.10 Å². The maximum absolute atomic E-state index is 13.4. The molecule has 3 rings (SSSR count). The summed E-state index contributed by atoms with van der Waals surface area (Å²) in [4.78, 5) is 22.5. The number of hydrogen-bond acceptors (Lipinski definition) is 6. The molecule has 10 heteroatoms. The average molecular weight is 521 g/mol. The number of halogens is 2. The smallest absolute Gasteiger partial charge is 0.276 e. The van der Waals surface area contributed by atoms with Crippen LogP contribution >= 0.6 is 0 Å². The largest absolute Gasteiger partial charge is 0.357 e. The number of hydrazone groups is 1. The Morgan fingerprint density at radius 1 is 1.19 bits per heavy atom. The molecular weight excluding hydrogens is 476 g/mol. The summed E-state index contributed by atoms with van der Waals surface area (Å²) in [5.41, 5.74) is 3.85. The van der Waals surface area contributed by atoms with E-state index < -0.39 is 6.43 Å². The highest BCUT2D eigenvalue weighted by molar-refractivity contribution is 5.87. The van der Waals surface area contributed by atoms with Gasteiger partial charge in [0, 0.05) is 44.0 Å². The first-order valence-corrected chi connectivity index (χ1v) is 13.4. The Kier molecular flexibility index (Phi) is 9.87. The molecule has 0 aliphatic carbocycles. The van der Waals surface area contributed by atoms with Crippen molar-refractivity contribution in [3.63, 3.8) is 0 Å². The topological polar surface area (TPSA) is 63.5 Å². The number of carbonyl (C=O) groups excluding carboxylic acids is 1. The summed E-state index contributed by atoms with van der Waals surface area (Å²) >= 11 is 0. The van der Waals surface area contributed by atoms with Gasteiger partial charge in [0.1, 0.15) is 5.82 Å². The summed E-state index contributed by atoms with van der Waals surface area (Å²) in [7, 11) is 0. The summed E-state index contributed by atoms with van der Waals surface area (Å²) in [6.45, 7) is 20.9. The van der Waals surface area contributed by atoms with Crippen molar-refractivity contribution in [2.45, 2.75) is 65.6 Å². The fourth-order valence-electron chi connectivity index (χ4n) is 5.68. The van der Waals surface area contributed by atoms with Crippen molar-refractivity contribution in [3.05, 3.63) is 36.8 Å². The van der Waals surface area contributed by atoms with E-state index in [0.717, 1.165) is 62.3 Å². The molecule has 3 aliphatic rings. The predicted octanol–water partition coefficient (Wildman–Crippen LogP) is 3.62. The Balaban J connectivity index is 1.68. The highest BCUT2D eigenvalue weighted by Gasteiger charge is 2.51. The molecule has 0 saturated carbocycles. The number of amides is 1. The van der Waals surface area contributed by atoms with Gasteiger partial charge in [0.05, 0.1) is 31.9 Å². The summed E-state index contributed by atoms with van der Waals surface area (Å²) in [5.74, 6) is 1.01. The van der Waals surface area contributed by atoms with Crippen LogP contribution in [0.1, 0.15) is 47.0 Å². The van der Waals surface area contributed by atoms with Crippen LogP contribution in [0.15, 0.2) is 46.9 Å². The van der Waals surface area contributed by atoms with Crippen LogP contribution in [-0.2, 0) is 4.79 Å². The molecule has 8 nitrogen and oxygen atoms in total. The Hall–Kier alpha value is -2.75. The van der Waals surface area contributed by atoms with Gasteiger partial charge >= 0.3 is 0 Å². The van der Waals surface area contributed by atoms with Crippen LogP contribution in [0.5, 0.6) is 0 Å². The van der Waals surface area contributed by atoms with E-state index in [1.54, 1.807) is 6.21 Å². The molecule has 3 fully saturated rings. The van der Waals surface area contributed by atoms with E-state index in [4.69, 9.17) is 0 Å². The van der Waals surface area contributed by atoms with E-state index in [-0.39, 0.29) is 17.8 Å². The first-order chi connectivity index (χ1) is 17.7. The maximum Gasteiger partial charge on any atom is 0.276 e. The summed E-state index contributed by atoms with van der Waals surface area (Å²) in [5, 5.41) is 4.22. The number of hydrogen-bond donors (Lipinski definition) is 1. The van der Waals surface area contributed by atoms with Gasteiger partial charge in [-0.3, -0.25) is 14.2 Å². The van der Waals surface area contributed by atoms with Crippen molar-refractivity contribution in [3.8, 4) is 0 Å². The van der Waals surface area contributed by atoms with E-state index in [2.05, 4.69) is 52.3 Å². The van der Waals surface area contributed by atoms with Crippen LogP contribution < -0.4 is 5.43 Å². The highest BCUT2D eigenvalue weighted by atomic mass is 19.3. The summed E-state index contributed by atoms with van der Waals surface area (Å²) < 4.78 is 27.7. The molecule has 37 heavy (non-hydrogen) atoms. The van der Waals surface area contributed by atoms with Crippen molar-refractivity contribution in [1.82, 2.24) is 20.1 Å². The monoisotopic (exact) mass is 520 g/mol. The summed E-state index contributed by atoms with van der Waals surface area (Å²) in [6, 6.07) is 0.302. The van der Waals surface area contributed by atoms with Gasteiger partial charge in [0.2, 0.25) is 5.91 Å². The Labute approximate surface area is 220 Å². The van der Waals surface area contributed by atoms with E-state index in [9.17, 15) is 13.6 Å². The zero-order valence-electron chi connectivity index (χ0n) is 22.9. The van der Waals surface area contributed by atoms with Crippen molar-refractivity contribution in [1.29, 1.82) is 0 Å². The number of carbonyl (C=O) groups is 1. The standard InChI is InChI=1S/C27H44F2N7O/c1-7-24(32-30-9-3)23-10-12-33(13-11-23)25(31-21(5)27(28)29)18-20(4)35-19-36(22(35)6)16-14-34(15-17-36)26(37)8-2/h8-9,18,22-24,27,32H,2,4,7,10-17,19H2,1,3,5-6H3/q+1/b25-18+,30-9-,31-21+. The zero-order chi connectivity index (χ0) is 27.2. The molecule has 3 heterocycles. The number of aliphatic imine (C=N–C) groups is 1. The molecule has 3 saturated heterocycles. The third-order valence-electron chi connectivity index (χ3n) is 8.31. The second-order valence-corrected chi connectivity index (χ2v) is 10.3. The molecule has 0 aromatic heterocycles. The number of rotatable bonds is 10. The second kappa shape index (κ2) is 12.7. The van der Waals surface area contributed by atoms with Crippen LogP contribution in [0.25, 0.3) is 0 Å². The maximum atomic E-state index is 13.4. The molecule has 1 spiro atoms. The van der Waals surface area contributed by atoms with Gasteiger partial charge in [0.25, 0.3) is 6.43 Å². The third-order valence-corrected chi connectivity index (χ3v) is 8.31. The Morgan fingerprint density at radius 3 is 2.35 bits per heavy atom.